The van der Waals surface area contributed by atoms with Gasteiger partial charge in [0.05, 0.1) is 25.6 Å². The number of anilines is 1. The predicted molar refractivity (Wildman–Crippen MR) is 143 cm³/mol. The number of phosphoric ester groups is 2. The molecule has 11 N–H and O–H groups in total. The van der Waals surface area contributed by atoms with Crippen LogP contribution in [0.5, 0.6) is 0 Å². The van der Waals surface area contributed by atoms with E-state index in [1.54, 1.807) is 0 Å². The number of quaternary nitrogens is 2. The smallest absolute Gasteiger partial charge is 0.330 e. The normalized spacial score (nSPS) is 35.8. The van der Waals surface area contributed by atoms with Crippen molar-refractivity contribution in [2.24, 2.45) is 0 Å². The fourth-order valence-electron chi connectivity index (χ4n) is 5.01. The zero-order valence-corrected chi connectivity index (χ0v) is 25.3. The molecule has 3 aliphatic rings. The molecule has 3 aliphatic heterocycles. The average molecular weight is 667 g/mol. The number of hydrogen-bond donors (Lipinski definition) is 4. The van der Waals surface area contributed by atoms with Crippen molar-refractivity contribution < 1.29 is 51.2 Å². The van der Waals surface area contributed by atoms with Crippen molar-refractivity contribution in [1.82, 2.24) is 41.4 Å². The summed E-state index contributed by atoms with van der Waals surface area (Å²) in [6, 6.07) is 1.03. The fraction of sp³-hybridized carbons (Fsp3) is 0.550. The predicted octanol–water partition coefficient (Wildman–Crippen LogP) is -1.33. The van der Waals surface area contributed by atoms with Crippen LogP contribution in [0.25, 0.3) is 11.2 Å². The van der Waals surface area contributed by atoms with Crippen molar-refractivity contribution >= 4 is 32.6 Å². The number of imidazole rings is 1. The van der Waals surface area contributed by atoms with Gasteiger partial charge in [-0.2, -0.15) is 0 Å². The first-order valence-corrected chi connectivity index (χ1v) is 15.2. The molecule has 0 saturated carbocycles. The van der Waals surface area contributed by atoms with Crippen LogP contribution in [0.2, 0.25) is 0 Å². The van der Waals surface area contributed by atoms with Crippen molar-refractivity contribution in [3.05, 3.63) is 45.8 Å². The highest BCUT2D eigenvalue weighted by Crippen LogP contribution is 2.51. The molecule has 3 aromatic rings. The molecule has 2 bridgehead atoms. The first kappa shape index (κ1) is 33.9. The summed E-state index contributed by atoms with van der Waals surface area (Å²) >= 11 is 0. The summed E-state index contributed by atoms with van der Waals surface area (Å²) in [4.78, 5) is 64.0. The molecular formula is C20H31N9O13P2. The van der Waals surface area contributed by atoms with Gasteiger partial charge in [-0.15, -0.1) is 0 Å². The van der Waals surface area contributed by atoms with Crippen molar-refractivity contribution in [1.29, 1.82) is 0 Å². The molecule has 0 radical (unpaired) electrons. The van der Waals surface area contributed by atoms with Crippen LogP contribution in [-0.2, 0) is 41.4 Å². The summed E-state index contributed by atoms with van der Waals surface area (Å²) in [5.74, 6) is 0.0708. The van der Waals surface area contributed by atoms with Gasteiger partial charge in [-0.3, -0.25) is 28.0 Å². The summed E-state index contributed by atoms with van der Waals surface area (Å²) in [5, 5.41) is 0. The number of methoxy groups -OCH3 is 1. The highest BCUT2D eigenvalue weighted by Gasteiger charge is 2.50. The Morgan fingerprint density at radius 1 is 1.00 bits per heavy atom. The SMILES string of the molecule is CO[C@@H]1[C@@H]2OP(=O)([O-])OC[C@@H]3C[C@@H](OP(=O)([O-])OC[C@H]2O[C@H]1n1ccc(=O)[nH]c1=O)[C@H](n1cnc2c(N)ncnc21)O3.[NH4+].[NH4+]. The minimum Gasteiger partial charge on any atom is -0.756 e. The van der Waals surface area contributed by atoms with Crippen molar-refractivity contribution in [2.45, 2.75) is 49.4 Å². The van der Waals surface area contributed by atoms with E-state index >= 15 is 0 Å². The maximum Gasteiger partial charge on any atom is 0.330 e. The number of fused-ring (bicyclic) bond motifs is 4. The van der Waals surface area contributed by atoms with E-state index in [-0.39, 0.29) is 35.7 Å². The highest BCUT2D eigenvalue weighted by molar-refractivity contribution is 7.46. The van der Waals surface area contributed by atoms with E-state index in [1.807, 2.05) is 4.98 Å². The topological polar surface area (TPSA) is 342 Å². The molecule has 6 rings (SSSR count). The van der Waals surface area contributed by atoms with Gasteiger partial charge in [-0.1, -0.05) is 0 Å². The maximum absolute atomic E-state index is 13.0. The van der Waals surface area contributed by atoms with Crippen LogP contribution < -0.4 is 39.1 Å². The van der Waals surface area contributed by atoms with Gasteiger partial charge >= 0.3 is 5.69 Å². The second-order valence-corrected chi connectivity index (χ2v) is 12.2. The summed E-state index contributed by atoms with van der Waals surface area (Å²) in [6.45, 7) is -1.39. The van der Waals surface area contributed by atoms with E-state index in [2.05, 4.69) is 15.0 Å². The summed E-state index contributed by atoms with van der Waals surface area (Å²) in [6.07, 6.45) is -5.59. The molecule has 0 aliphatic carbocycles. The summed E-state index contributed by atoms with van der Waals surface area (Å²) < 4.78 is 66.0. The lowest BCUT2D eigenvalue weighted by atomic mass is 10.1. The van der Waals surface area contributed by atoms with Crippen LogP contribution in [0.4, 0.5) is 5.82 Å². The van der Waals surface area contributed by atoms with E-state index in [1.165, 1.54) is 24.3 Å². The van der Waals surface area contributed by atoms with Gasteiger partial charge in [0.15, 0.2) is 23.9 Å². The zero-order valence-electron chi connectivity index (χ0n) is 23.5. The van der Waals surface area contributed by atoms with E-state index < -0.39 is 83.1 Å². The molecular weight excluding hydrogens is 636 g/mol. The largest absolute Gasteiger partial charge is 0.756 e. The van der Waals surface area contributed by atoms with Crippen molar-refractivity contribution in [3.8, 4) is 0 Å². The van der Waals surface area contributed by atoms with E-state index in [0.29, 0.717) is 0 Å². The Hall–Kier alpha value is -2.95. The number of phosphoric acid groups is 2. The molecule has 2 unspecified atom stereocenters. The Morgan fingerprint density at radius 3 is 2.45 bits per heavy atom. The molecule has 0 spiro atoms. The quantitative estimate of drug-likeness (QED) is 0.235. The lowest BCUT2D eigenvalue weighted by Crippen LogP contribution is -2.40. The number of rotatable bonds is 3. The maximum atomic E-state index is 13.0. The van der Waals surface area contributed by atoms with Crippen molar-refractivity contribution in [2.75, 3.05) is 26.1 Å². The summed E-state index contributed by atoms with van der Waals surface area (Å²) in [5.41, 5.74) is 4.68. The molecule has 9 atom stereocenters. The molecule has 3 fully saturated rings. The Kier molecular flexibility index (Phi) is 9.88. The molecule has 3 saturated heterocycles. The molecule has 44 heavy (non-hydrogen) atoms. The van der Waals surface area contributed by atoms with E-state index in [0.717, 1.165) is 16.8 Å². The third kappa shape index (κ3) is 6.53. The van der Waals surface area contributed by atoms with Crippen molar-refractivity contribution in [3.63, 3.8) is 0 Å². The lowest BCUT2D eigenvalue weighted by molar-refractivity contribution is -0.240. The Morgan fingerprint density at radius 2 is 1.73 bits per heavy atom. The van der Waals surface area contributed by atoms with Crippen LogP contribution in [0, 0.1) is 0 Å². The van der Waals surface area contributed by atoms with Gasteiger partial charge in [0.1, 0.15) is 36.3 Å². The minimum absolute atomic E-state index is 0. The third-order valence-electron chi connectivity index (χ3n) is 6.82. The number of ether oxygens (including phenoxy) is 3. The average Bonchev–Trinajstić information content (AvgIpc) is 3.61. The molecule has 244 valence electrons. The van der Waals surface area contributed by atoms with Crippen LogP contribution >= 0.6 is 15.6 Å². The molecule has 0 aromatic carbocycles. The minimum atomic E-state index is -5.14. The van der Waals surface area contributed by atoms with E-state index in [4.69, 9.17) is 38.0 Å². The molecule has 6 heterocycles. The molecule has 22 nitrogen and oxygen atoms in total. The van der Waals surface area contributed by atoms with Crippen LogP contribution in [0.3, 0.4) is 0 Å². The van der Waals surface area contributed by atoms with Gasteiger partial charge < -0.3 is 60.1 Å². The Balaban J connectivity index is 0.00000221. The van der Waals surface area contributed by atoms with Gasteiger partial charge in [0, 0.05) is 25.8 Å². The van der Waals surface area contributed by atoms with Crippen LogP contribution in [0.15, 0.2) is 34.5 Å². The number of nitrogens with two attached hydrogens (primary N) is 1. The first-order chi connectivity index (χ1) is 19.9. The second-order valence-electron chi connectivity index (χ2n) is 9.45. The zero-order chi connectivity index (χ0) is 29.8. The molecule has 3 aromatic heterocycles. The van der Waals surface area contributed by atoms with Gasteiger partial charge in [0.2, 0.25) is 0 Å². The first-order valence-electron chi connectivity index (χ1n) is 12.3. The number of aromatic amines is 1. The Labute approximate surface area is 246 Å². The Bertz CT molecular complexity index is 1700. The van der Waals surface area contributed by atoms with Crippen LogP contribution in [0.1, 0.15) is 18.9 Å². The number of hydrogen-bond acceptors (Lipinski definition) is 17. The van der Waals surface area contributed by atoms with Gasteiger partial charge in [-0.05, 0) is 0 Å². The monoisotopic (exact) mass is 667 g/mol. The van der Waals surface area contributed by atoms with Gasteiger partial charge in [0.25, 0.3) is 21.2 Å². The fourth-order valence-corrected chi connectivity index (χ4v) is 6.88. The standard InChI is InChI=1S/C20H25N7O13P2.2H3N/c1-34-15-14-11(38-19(15)26-3-2-12(28)25-20(26)29)6-36-41(30,31)39-10-4-9(5-35-42(32,33)40-14)37-18(10)27-8-24-13-16(21)22-7-23-17(13)27;;/h2-3,7-11,14-15,18-19H,4-6H2,1H3,(H,30,31)(H,32,33)(H2,21,22,23)(H,25,28,29);2*1H3/t9-,10+,11+,14+,15+,18+,19+;;/m0../s1. The van der Waals surface area contributed by atoms with E-state index in [9.17, 15) is 28.5 Å². The third-order valence-corrected chi connectivity index (χ3v) is 8.78. The number of nitrogens with one attached hydrogen (secondary N) is 1. The number of nitrogen functional groups attached to an aromatic ring is 1. The second kappa shape index (κ2) is 12.8. The summed E-state index contributed by atoms with van der Waals surface area (Å²) in [7, 11) is -9.07. The van der Waals surface area contributed by atoms with Crippen LogP contribution in [-0.4, -0.2) is 79.9 Å². The molecule has 0 amide bonds. The lowest BCUT2D eigenvalue weighted by Gasteiger charge is -2.32. The molecule has 24 heteroatoms. The van der Waals surface area contributed by atoms with Gasteiger partial charge in [-0.25, -0.2) is 19.7 Å². The number of H-pyrrole nitrogens is 1. The number of aromatic nitrogens is 6. The highest BCUT2D eigenvalue weighted by atomic mass is 31.2. The number of nitrogens with zero attached hydrogens (tertiary/aromatic N) is 5.